The van der Waals surface area contributed by atoms with Gasteiger partial charge in [-0.25, -0.2) is 14.3 Å². The Labute approximate surface area is 209 Å². The quantitative estimate of drug-likeness (QED) is 0.309. The molecule has 4 aromatic heterocycles. The van der Waals surface area contributed by atoms with Crippen LogP contribution in [-0.2, 0) is 23.8 Å². The lowest BCUT2D eigenvalue weighted by Crippen LogP contribution is -2.17. The minimum absolute atomic E-state index is 0.0628. The second-order valence-electron chi connectivity index (χ2n) is 7.64. The van der Waals surface area contributed by atoms with Crippen LogP contribution in [0.4, 0.5) is 18.2 Å². The lowest BCUT2D eigenvalue weighted by Gasteiger charge is -2.10. The number of nitrogens with zero attached hydrogens (tertiary/aromatic N) is 3. The van der Waals surface area contributed by atoms with Crippen LogP contribution < -0.4 is 5.32 Å². The number of aromatic nitrogens is 3. The number of esters is 1. The van der Waals surface area contributed by atoms with Gasteiger partial charge in [-0.15, -0.1) is 22.7 Å². The number of thiophene rings is 2. The zero-order valence-corrected chi connectivity index (χ0v) is 20.4. The third-order valence-electron chi connectivity index (χ3n) is 5.44. The maximum Gasteiger partial charge on any atom is 0.433 e. The molecule has 0 spiro atoms. The fourth-order valence-electron chi connectivity index (χ4n) is 3.96. The van der Waals surface area contributed by atoms with Gasteiger partial charge in [0.1, 0.15) is 10.0 Å². The molecule has 7 nitrogen and oxygen atoms in total. The summed E-state index contributed by atoms with van der Waals surface area (Å²) in [6, 6.07) is 4.19. The molecule has 0 fully saturated rings. The molecule has 0 aromatic carbocycles. The Hall–Kier alpha value is -2.96. The molecule has 0 aliphatic heterocycles. The Balaban J connectivity index is 1.58. The van der Waals surface area contributed by atoms with E-state index in [4.69, 9.17) is 16.3 Å². The van der Waals surface area contributed by atoms with Crippen molar-refractivity contribution < 1.29 is 27.5 Å². The van der Waals surface area contributed by atoms with Gasteiger partial charge in [-0.05, 0) is 49.3 Å². The Bertz CT molecular complexity index is 1460. The number of fused-ring (bicyclic) bond motifs is 2. The first-order valence-corrected chi connectivity index (χ1v) is 12.6. The Morgan fingerprint density at radius 2 is 2.11 bits per heavy atom. The van der Waals surface area contributed by atoms with Crippen molar-refractivity contribution in [2.75, 3.05) is 11.9 Å². The molecule has 4 heterocycles. The van der Waals surface area contributed by atoms with E-state index in [1.807, 2.05) is 0 Å². The van der Waals surface area contributed by atoms with Crippen LogP contribution in [0.15, 0.2) is 23.6 Å². The maximum absolute atomic E-state index is 13.9. The molecule has 0 saturated heterocycles. The molecule has 1 N–H and O–H groups in total. The maximum atomic E-state index is 13.9. The van der Waals surface area contributed by atoms with Crippen molar-refractivity contribution in [3.8, 4) is 10.6 Å². The smallest absolute Gasteiger partial charge is 0.433 e. The van der Waals surface area contributed by atoms with E-state index in [-0.39, 0.29) is 33.5 Å². The third kappa shape index (κ3) is 4.19. The van der Waals surface area contributed by atoms with Crippen LogP contribution in [0.3, 0.4) is 0 Å². The number of alkyl halides is 3. The van der Waals surface area contributed by atoms with E-state index in [2.05, 4.69) is 15.4 Å². The summed E-state index contributed by atoms with van der Waals surface area (Å²) in [5.41, 5.74) is -0.689. The van der Waals surface area contributed by atoms with Crippen LogP contribution in [0.5, 0.6) is 0 Å². The summed E-state index contributed by atoms with van der Waals surface area (Å²) >= 11 is 8.80. The summed E-state index contributed by atoms with van der Waals surface area (Å²) in [5.74, 6) is -1.42. The fraction of sp³-hybridized carbons (Fsp3) is 0.273. The predicted molar refractivity (Wildman–Crippen MR) is 127 cm³/mol. The zero-order valence-electron chi connectivity index (χ0n) is 18.0. The molecule has 1 aliphatic carbocycles. The normalized spacial score (nSPS) is 13.3. The Morgan fingerprint density at radius 3 is 2.80 bits per heavy atom. The average molecular weight is 541 g/mol. The lowest BCUT2D eigenvalue weighted by atomic mass is 10.1. The van der Waals surface area contributed by atoms with Gasteiger partial charge >= 0.3 is 12.1 Å². The van der Waals surface area contributed by atoms with Gasteiger partial charge in [0.2, 0.25) is 0 Å². The van der Waals surface area contributed by atoms with Gasteiger partial charge in [-0.3, -0.25) is 4.79 Å². The van der Waals surface area contributed by atoms with Gasteiger partial charge < -0.3 is 10.1 Å². The van der Waals surface area contributed by atoms with Gasteiger partial charge in [-0.1, -0.05) is 17.7 Å². The van der Waals surface area contributed by atoms with E-state index in [1.54, 1.807) is 24.4 Å². The van der Waals surface area contributed by atoms with E-state index in [9.17, 15) is 22.8 Å². The van der Waals surface area contributed by atoms with E-state index >= 15 is 0 Å². The molecule has 0 unspecified atom stereocenters. The molecule has 13 heteroatoms. The zero-order chi connectivity index (χ0) is 24.9. The van der Waals surface area contributed by atoms with Crippen LogP contribution in [0.25, 0.3) is 16.2 Å². The number of aryl methyl sites for hydroxylation is 1. The first-order valence-electron chi connectivity index (χ1n) is 10.5. The molecule has 0 atom stereocenters. The van der Waals surface area contributed by atoms with Crippen LogP contribution in [0.1, 0.15) is 50.3 Å². The molecule has 4 aromatic rings. The molecule has 0 bridgehead atoms. The molecular weight excluding hydrogens is 525 g/mol. The summed E-state index contributed by atoms with van der Waals surface area (Å²) in [7, 11) is 0. The Morgan fingerprint density at radius 1 is 1.31 bits per heavy atom. The third-order valence-corrected chi connectivity index (χ3v) is 7.89. The van der Waals surface area contributed by atoms with E-state index in [0.717, 1.165) is 29.3 Å². The number of carbonyl (C=O) groups is 2. The number of rotatable bonds is 5. The van der Waals surface area contributed by atoms with Gasteiger partial charge in [0.05, 0.1) is 22.7 Å². The summed E-state index contributed by atoms with van der Waals surface area (Å²) in [6.45, 7) is 1.84. The molecular formula is C22H16ClF3N4O3S2. The summed E-state index contributed by atoms with van der Waals surface area (Å²) in [5, 5.41) is 8.11. The number of anilines is 1. The Kier molecular flexibility index (Phi) is 6.06. The van der Waals surface area contributed by atoms with Crippen LogP contribution >= 0.6 is 34.3 Å². The van der Waals surface area contributed by atoms with E-state index in [0.29, 0.717) is 15.8 Å². The second kappa shape index (κ2) is 8.92. The molecule has 0 saturated carbocycles. The van der Waals surface area contributed by atoms with Gasteiger partial charge in [0.15, 0.2) is 17.0 Å². The first kappa shape index (κ1) is 23.8. The highest BCUT2D eigenvalue weighted by molar-refractivity contribution is 7.17. The standard InChI is InChI=1S/C22H16ClF3N4O3S2/c1-2-33-21(32)15-10-5-3-6-12(10)35-20(15)28-19(31)17-16(23)18-27-11(13-7-4-8-34-13)9-14(22(24,25)26)30(18)29-17/h4,7-9H,2-3,5-6H2,1H3,(H,28,31). The molecule has 35 heavy (non-hydrogen) atoms. The monoisotopic (exact) mass is 540 g/mol. The van der Waals surface area contributed by atoms with Crippen molar-refractivity contribution in [3.63, 3.8) is 0 Å². The van der Waals surface area contributed by atoms with Crippen molar-refractivity contribution in [2.24, 2.45) is 0 Å². The largest absolute Gasteiger partial charge is 0.462 e. The topological polar surface area (TPSA) is 85.6 Å². The van der Waals surface area contributed by atoms with Gasteiger partial charge in [0.25, 0.3) is 5.91 Å². The number of hydrogen-bond donors (Lipinski definition) is 1. The molecule has 5 rings (SSSR count). The van der Waals surface area contributed by atoms with E-state index < -0.39 is 29.4 Å². The molecule has 1 aliphatic rings. The van der Waals surface area contributed by atoms with Crippen LogP contribution in [-0.4, -0.2) is 33.1 Å². The van der Waals surface area contributed by atoms with Crippen LogP contribution in [0, 0.1) is 0 Å². The van der Waals surface area contributed by atoms with E-state index in [1.165, 1.54) is 22.7 Å². The highest BCUT2D eigenvalue weighted by atomic mass is 35.5. The minimum Gasteiger partial charge on any atom is -0.462 e. The van der Waals surface area contributed by atoms with Crippen molar-refractivity contribution >= 4 is 56.8 Å². The minimum atomic E-state index is -4.78. The SMILES string of the molecule is CCOC(=O)c1c(NC(=O)c2nn3c(C(F)(F)F)cc(-c4cccs4)nc3c2Cl)sc2c1CCC2. The molecule has 1 amide bonds. The highest BCUT2D eigenvalue weighted by Crippen LogP contribution is 2.40. The number of amides is 1. The average Bonchev–Trinajstić information content (AvgIpc) is 3.57. The summed E-state index contributed by atoms with van der Waals surface area (Å²) in [4.78, 5) is 31.4. The van der Waals surface area contributed by atoms with Gasteiger partial charge in [0, 0.05) is 4.88 Å². The van der Waals surface area contributed by atoms with Crippen molar-refractivity contribution in [1.82, 2.24) is 14.6 Å². The number of nitrogens with one attached hydrogen (secondary N) is 1. The fourth-order valence-corrected chi connectivity index (χ4v) is 6.17. The van der Waals surface area contributed by atoms with Crippen molar-refractivity contribution in [3.05, 3.63) is 56.0 Å². The molecule has 182 valence electrons. The predicted octanol–water partition coefficient (Wildman–Crippen LogP) is 6.11. The molecule has 0 radical (unpaired) electrons. The van der Waals surface area contributed by atoms with Crippen molar-refractivity contribution in [2.45, 2.75) is 32.4 Å². The first-order chi connectivity index (χ1) is 16.7. The number of carbonyl (C=O) groups excluding carboxylic acids is 2. The number of hydrogen-bond acceptors (Lipinski definition) is 7. The lowest BCUT2D eigenvalue weighted by molar-refractivity contribution is -0.142. The highest BCUT2D eigenvalue weighted by Gasteiger charge is 2.37. The second-order valence-corrected chi connectivity index (χ2v) is 10.1. The van der Waals surface area contributed by atoms with Crippen molar-refractivity contribution in [1.29, 1.82) is 0 Å². The number of ether oxygens (including phenoxy) is 1. The summed E-state index contributed by atoms with van der Waals surface area (Å²) < 4.78 is 47.2. The summed E-state index contributed by atoms with van der Waals surface area (Å²) in [6.07, 6.45) is -2.45. The van der Waals surface area contributed by atoms with Gasteiger partial charge in [-0.2, -0.15) is 18.3 Å². The van der Waals surface area contributed by atoms with Crippen LogP contribution in [0.2, 0.25) is 5.02 Å². The number of halogens is 4.